The molecule has 0 saturated heterocycles. The first kappa shape index (κ1) is 25.7. The third-order valence-corrected chi connectivity index (χ3v) is 6.32. The number of rotatable bonds is 12. The smallest absolute Gasteiger partial charge is 0.327 e. The number of allylic oxidation sites excluding steroid dienone is 5. The Hall–Kier alpha value is -2.60. The Kier molecular flexibility index (Phi) is 9.97. The summed E-state index contributed by atoms with van der Waals surface area (Å²) in [6.45, 7) is 8.47. The lowest BCUT2D eigenvalue weighted by atomic mass is 10.1. The summed E-state index contributed by atoms with van der Waals surface area (Å²) in [5, 5.41) is 9.63. The highest BCUT2D eigenvalue weighted by Gasteiger charge is 2.42. The van der Waals surface area contributed by atoms with Crippen LogP contribution in [-0.4, -0.2) is 45.3 Å². The predicted molar refractivity (Wildman–Crippen MR) is 131 cm³/mol. The SMILES string of the molecule is CC(C)=CCCC(C)=CCCC(C)=CCSCC(C(=O)O)N1C(=O)c2ccccc2C1=O. The van der Waals surface area contributed by atoms with Gasteiger partial charge in [-0.25, -0.2) is 4.79 Å². The number of imide groups is 1. The van der Waals surface area contributed by atoms with Crippen LogP contribution in [0.5, 0.6) is 0 Å². The number of thioether (sulfide) groups is 1. The molecule has 2 amide bonds. The quantitative estimate of drug-likeness (QED) is 0.242. The van der Waals surface area contributed by atoms with Crippen LogP contribution in [0.15, 0.2) is 59.2 Å². The molecule has 0 saturated carbocycles. The topological polar surface area (TPSA) is 74.7 Å². The molecule has 0 fully saturated rings. The van der Waals surface area contributed by atoms with E-state index in [0.29, 0.717) is 5.75 Å². The van der Waals surface area contributed by atoms with E-state index in [1.165, 1.54) is 28.5 Å². The first-order chi connectivity index (χ1) is 15.2. The first-order valence-corrected chi connectivity index (χ1v) is 12.1. The molecule has 1 atom stereocenters. The van der Waals surface area contributed by atoms with E-state index in [2.05, 4.69) is 45.9 Å². The molecule has 32 heavy (non-hydrogen) atoms. The monoisotopic (exact) mass is 455 g/mol. The van der Waals surface area contributed by atoms with Crippen LogP contribution < -0.4 is 0 Å². The minimum atomic E-state index is -1.17. The third kappa shape index (κ3) is 7.23. The van der Waals surface area contributed by atoms with Crippen molar-refractivity contribution in [3.05, 3.63) is 70.3 Å². The van der Waals surface area contributed by atoms with Gasteiger partial charge >= 0.3 is 5.97 Å². The number of hydrogen-bond acceptors (Lipinski definition) is 4. The maximum Gasteiger partial charge on any atom is 0.327 e. The van der Waals surface area contributed by atoms with Crippen molar-refractivity contribution in [1.29, 1.82) is 0 Å². The number of fused-ring (bicyclic) bond motifs is 1. The number of nitrogens with zero attached hydrogens (tertiary/aromatic N) is 1. The second-order valence-electron chi connectivity index (χ2n) is 8.38. The summed E-state index contributed by atoms with van der Waals surface area (Å²) in [6, 6.07) is 5.29. The first-order valence-electron chi connectivity index (χ1n) is 10.9. The Balaban J connectivity index is 1.83. The molecule has 1 unspecified atom stereocenters. The average Bonchev–Trinajstić information content (AvgIpc) is 2.98. The van der Waals surface area contributed by atoms with Gasteiger partial charge in [-0.15, -0.1) is 0 Å². The zero-order chi connectivity index (χ0) is 23.7. The Morgan fingerprint density at radius 2 is 1.47 bits per heavy atom. The molecule has 0 aliphatic carbocycles. The summed E-state index contributed by atoms with van der Waals surface area (Å²) in [7, 11) is 0. The Morgan fingerprint density at radius 3 is 2.00 bits per heavy atom. The van der Waals surface area contributed by atoms with E-state index in [1.807, 2.05) is 0 Å². The van der Waals surface area contributed by atoms with Crippen LogP contribution >= 0.6 is 11.8 Å². The van der Waals surface area contributed by atoms with Gasteiger partial charge in [0.25, 0.3) is 11.8 Å². The zero-order valence-corrected chi connectivity index (χ0v) is 20.2. The van der Waals surface area contributed by atoms with Gasteiger partial charge in [-0.05, 0) is 65.5 Å². The van der Waals surface area contributed by atoms with Gasteiger partial charge in [-0.3, -0.25) is 14.5 Å². The summed E-state index contributed by atoms with van der Waals surface area (Å²) in [5.41, 5.74) is 4.54. The second kappa shape index (κ2) is 12.4. The number of hydrogen-bond donors (Lipinski definition) is 1. The minimum absolute atomic E-state index is 0.161. The molecule has 172 valence electrons. The summed E-state index contributed by atoms with van der Waals surface area (Å²) < 4.78 is 0. The molecule has 5 nitrogen and oxygen atoms in total. The second-order valence-corrected chi connectivity index (χ2v) is 9.45. The van der Waals surface area contributed by atoms with E-state index in [4.69, 9.17) is 0 Å². The minimum Gasteiger partial charge on any atom is -0.480 e. The van der Waals surface area contributed by atoms with E-state index in [0.717, 1.165) is 30.6 Å². The van der Waals surface area contributed by atoms with Crippen molar-refractivity contribution in [2.45, 2.75) is 59.4 Å². The number of carboxylic acid groups (broad SMARTS) is 1. The molecule has 1 aromatic carbocycles. The Morgan fingerprint density at radius 1 is 0.938 bits per heavy atom. The van der Waals surface area contributed by atoms with Crippen molar-refractivity contribution in [3.63, 3.8) is 0 Å². The number of carbonyl (C=O) groups is 3. The molecule has 1 N–H and O–H groups in total. The summed E-state index contributed by atoms with van der Waals surface area (Å²) >= 11 is 1.42. The molecule has 0 spiro atoms. The van der Waals surface area contributed by atoms with Crippen molar-refractivity contribution in [1.82, 2.24) is 4.90 Å². The van der Waals surface area contributed by atoms with Gasteiger partial charge in [-0.2, -0.15) is 11.8 Å². The van der Waals surface area contributed by atoms with Gasteiger partial charge in [0.05, 0.1) is 11.1 Å². The molecular formula is C26H33NO4S. The predicted octanol–water partition coefficient (Wildman–Crippen LogP) is 5.89. The van der Waals surface area contributed by atoms with Gasteiger partial charge < -0.3 is 5.11 Å². The van der Waals surface area contributed by atoms with Gasteiger partial charge in [0.15, 0.2) is 0 Å². The van der Waals surface area contributed by atoms with E-state index < -0.39 is 23.8 Å². The largest absolute Gasteiger partial charge is 0.480 e. The van der Waals surface area contributed by atoms with E-state index >= 15 is 0 Å². The summed E-state index contributed by atoms with van der Waals surface area (Å²) in [4.78, 5) is 37.8. The van der Waals surface area contributed by atoms with Crippen LogP contribution in [0.25, 0.3) is 0 Å². The zero-order valence-electron chi connectivity index (χ0n) is 19.4. The van der Waals surface area contributed by atoms with E-state index in [-0.39, 0.29) is 16.9 Å². The molecule has 1 aliphatic rings. The lowest BCUT2D eigenvalue weighted by Crippen LogP contribution is -2.46. The molecule has 0 radical (unpaired) electrons. The van der Waals surface area contributed by atoms with E-state index in [1.54, 1.807) is 24.3 Å². The van der Waals surface area contributed by atoms with Crippen LogP contribution in [0.2, 0.25) is 0 Å². The lowest BCUT2D eigenvalue weighted by molar-refractivity contribution is -0.140. The maximum absolute atomic E-state index is 12.6. The lowest BCUT2D eigenvalue weighted by Gasteiger charge is -2.22. The number of carboxylic acids is 1. The Labute approximate surface area is 195 Å². The van der Waals surface area contributed by atoms with Crippen LogP contribution in [0.3, 0.4) is 0 Å². The molecule has 2 rings (SSSR count). The van der Waals surface area contributed by atoms with Crippen LogP contribution in [-0.2, 0) is 4.79 Å². The number of aliphatic carboxylic acids is 1. The van der Waals surface area contributed by atoms with Crippen molar-refractivity contribution in [2.75, 3.05) is 11.5 Å². The fourth-order valence-electron chi connectivity index (χ4n) is 3.47. The molecule has 0 bridgehead atoms. The van der Waals surface area contributed by atoms with Gasteiger partial charge in [0.2, 0.25) is 0 Å². The van der Waals surface area contributed by atoms with Crippen LogP contribution in [0, 0.1) is 0 Å². The van der Waals surface area contributed by atoms with Crippen LogP contribution in [0.4, 0.5) is 0 Å². The third-order valence-electron chi connectivity index (χ3n) is 5.37. The highest BCUT2D eigenvalue weighted by molar-refractivity contribution is 7.99. The highest BCUT2D eigenvalue weighted by atomic mass is 32.2. The molecule has 1 aliphatic heterocycles. The summed E-state index contributed by atoms with van der Waals surface area (Å²) in [6.07, 6.45) is 10.7. The fraction of sp³-hybridized carbons (Fsp3) is 0.423. The van der Waals surface area contributed by atoms with Crippen molar-refractivity contribution >= 4 is 29.5 Å². The number of carbonyl (C=O) groups excluding carboxylic acids is 2. The van der Waals surface area contributed by atoms with Gasteiger partial charge in [0, 0.05) is 11.5 Å². The summed E-state index contributed by atoms with van der Waals surface area (Å²) in [5.74, 6) is -1.42. The fourth-order valence-corrected chi connectivity index (χ4v) is 4.52. The van der Waals surface area contributed by atoms with E-state index in [9.17, 15) is 19.5 Å². The molecule has 0 aromatic heterocycles. The van der Waals surface area contributed by atoms with Gasteiger partial charge in [-0.1, -0.05) is 47.1 Å². The van der Waals surface area contributed by atoms with Crippen molar-refractivity contribution in [3.8, 4) is 0 Å². The van der Waals surface area contributed by atoms with Crippen LogP contribution in [0.1, 0.15) is 74.1 Å². The molecule has 6 heteroatoms. The average molecular weight is 456 g/mol. The van der Waals surface area contributed by atoms with Crippen molar-refractivity contribution in [2.24, 2.45) is 0 Å². The highest BCUT2D eigenvalue weighted by Crippen LogP contribution is 2.26. The van der Waals surface area contributed by atoms with Crippen molar-refractivity contribution < 1.29 is 19.5 Å². The Bertz CT molecular complexity index is 906. The molecule has 1 heterocycles. The number of amides is 2. The normalized spacial score (nSPS) is 15.1. The molecular weight excluding hydrogens is 422 g/mol. The standard InChI is InChI=1S/C26H33NO4S/c1-18(2)9-7-10-19(3)11-8-12-20(4)15-16-32-17-23(26(30)31)27-24(28)21-13-5-6-14-22(21)25(27)29/h5-6,9,11,13-15,23H,7-8,10,12,16-17H2,1-4H3,(H,30,31). The number of benzene rings is 1. The molecule has 1 aromatic rings. The maximum atomic E-state index is 12.6. The van der Waals surface area contributed by atoms with Gasteiger partial charge in [0.1, 0.15) is 6.04 Å².